The van der Waals surface area contributed by atoms with Gasteiger partial charge in [-0.05, 0) is 93.8 Å². The first-order valence-electron chi connectivity index (χ1n) is 14.4. The van der Waals surface area contributed by atoms with Crippen LogP contribution in [0.2, 0.25) is 0 Å². The summed E-state index contributed by atoms with van der Waals surface area (Å²) < 4.78 is 0. The first kappa shape index (κ1) is 26.5. The molecule has 2 atom stereocenters. The molecule has 0 aliphatic carbocycles. The molecule has 2 saturated heterocycles. The Kier molecular flexibility index (Phi) is 8.79. The summed E-state index contributed by atoms with van der Waals surface area (Å²) in [7, 11) is 0. The average Bonchev–Trinajstić information content (AvgIpc) is 3.48. The molecule has 8 nitrogen and oxygen atoms in total. The highest BCUT2D eigenvalue weighted by molar-refractivity contribution is 5.80. The highest BCUT2D eigenvalue weighted by Gasteiger charge is 2.28. The van der Waals surface area contributed by atoms with Gasteiger partial charge in [0.15, 0.2) is 0 Å². The second-order valence-corrected chi connectivity index (χ2v) is 11.0. The van der Waals surface area contributed by atoms with Crippen molar-refractivity contribution >= 4 is 23.4 Å². The Bertz CT molecular complexity index is 1120. The molecule has 2 aromatic rings. The second-order valence-electron chi connectivity index (χ2n) is 11.0. The summed E-state index contributed by atoms with van der Waals surface area (Å²) in [5.41, 5.74) is 4.41. The molecule has 38 heavy (non-hydrogen) atoms. The first-order chi connectivity index (χ1) is 18.5. The molecule has 2 fully saturated rings. The number of carbonyl (C=O) groups is 2. The molecule has 0 saturated carbocycles. The lowest BCUT2D eigenvalue weighted by Gasteiger charge is -2.33. The normalized spacial score (nSPS) is 20.4. The molecule has 1 aromatic carbocycles. The van der Waals surface area contributed by atoms with Crippen molar-refractivity contribution in [3.8, 4) is 0 Å². The molecular weight excluding hydrogens is 478 g/mol. The van der Waals surface area contributed by atoms with Crippen LogP contribution in [0, 0.1) is 5.92 Å². The van der Waals surface area contributed by atoms with Crippen molar-refractivity contribution in [2.45, 2.75) is 63.8 Å². The first-order valence-corrected chi connectivity index (χ1v) is 14.4. The lowest BCUT2D eigenvalue weighted by atomic mass is 9.95. The molecule has 1 aromatic heterocycles. The van der Waals surface area contributed by atoms with Gasteiger partial charge >= 0.3 is 5.97 Å². The number of anilines is 2. The van der Waals surface area contributed by atoms with Gasteiger partial charge in [-0.25, -0.2) is 4.98 Å². The number of aromatic nitrogens is 1. The van der Waals surface area contributed by atoms with Gasteiger partial charge in [0.2, 0.25) is 5.91 Å². The number of fused-ring (bicyclic) bond motifs is 1. The molecule has 0 radical (unpaired) electrons. The topological polar surface area (TPSA) is 97.8 Å². The minimum absolute atomic E-state index is 0.0325. The van der Waals surface area contributed by atoms with E-state index in [4.69, 9.17) is 4.98 Å². The van der Waals surface area contributed by atoms with Crippen LogP contribution in [-0.4, -0.2) is 66.1 Å². The zero-order valence-electron chi connectivity index (χ0n) is 22.3. The standard InChI is InChI=1S/C30H41N5O3/c36-28(37)20-27(23-7-3-11-26(19-23)35-17-1-2-18-35)33-30(38)24-9-5-15-34(21-24)16-6-10-25-13-12-22-8-4-14-31-29(22)32-25/h3,7,11-13,19,24,27H,1-2,4-6,8-10,14-18,20-21H2,(H,31,32)(H,33,38)(H,36,37)/t24-,27?/m1/s1. The van der Waals surface area contributed by atoms with Gasteiger partial charge in [0.05, 0.1) is 18.4 Å². The van der Waals surface area contributed by atoms with Crippen molar-refractivity contribution in [2.75, 3.05) is 49.5 Å². The van der Waals surface area contributed by atoms with Crippen molar-refractivity contribution in [3.63, 3.8) is 0 Å². The number of likely N-dealkylation sites (tertiary alicyclic amines) is 1. The fraction of sp³-hybridized carbons (Fsp3) is 0.567. The van der Waals surface area contributed by atoms with Crippen molar-refractivity contribution in [1.82, 2.24) is 15.2 Å². The van der Waals surface area contributed by atoms with E-state index in [1.807, 2.05) is 12.1 Å². The Morgan fingerprint density at radius 2 is 1.97 bits per heavy atom. The lowest BCUT2D eigenvalue weighted by Crippen LogP contribution is -2.44. The summed E-state index contributed by atoms with van der Waals surface area (Å²) in [5, 5.41) is 16.1. The van der Waals surface area contributed by atoms with Crippen LogP contribution in [0.15, 0.2) is 36.4 Å². The molecule has 1 amide bonds. The fourth-order valence-corrected chi connectivity index (χ4v) is 6.09. The number of hydrogen-bond donors (Lipinski definition) is 3. The fourth-order valence-electron chi connectivity index (χ4n) is 6.09. The molecular formula is C30H41N5O3. The third kappa shape index (κ3) is 6.84. The Morgan fingerprint density at radius 3 is 2.82 bits per heavy atom. The van der Waals surface area contributed by atoms with E-state index in [-0.39, 0.29) is 18.2 Å². The van der Waals surface area contributed by atoms with E-state index in [1.165, 1.54) is 24.8 Å². The number of carbonyl (C=O) groups excluding carboxylic acids is 1. The number of hydrogen-bond acceptors (Lipinski definition) is 6. The van der Waals surface area contributed by atoms with Crippen LogP contribution < -0.4 is 15.5 Å². The Morgan fingerprint density at radius 1 is 1.11 bits per heavy atom. The smallest absolute Gasteiger partial charge is 0.305 e. The lowest BCUT2D eigenvalue weighted by molar-refractivity contribution is -0.138. The minimum atomic E-state index is -0.905. The van der Waals surface area contributed by atoms with Crippen molar-refractivity contribution in [2.24, 2.45) is 5.92 Å². The molecule has 3 aliphatic rings. The zero-order chi connectivity index (χ0) is 26.3. The Hall–Kier alpha value is -3.13. The minimum Gasteiger partial charge on any atom is -0.481 e. The predicted molar refractivity (Wildman–Crippen MR) is 150 cm³/mol. The number of benzene rings is 1. The van der Waals surface area contributed by atoms with Gasteiger partial charge in [-0.3, -0.25) is 9.59 Å². The largest absolute Gasteiger partial charge is 0.481 e. The summed E-state index contributed by atoms with van der Waals surface area (Å²) in [6, 6.07) is 11.9. The second kappa shape index (κ2) is 12.6. The highest BCUT2D eigenvalue weighted by Crippen LogP contribution is 2.27. The maximum atomic E-state index is 13.3. The molecule has 204 valence electrons. The van der Waals surface area contributed by atoms with E-state index in [2.05, 4.69) is 44.7 Å². The van der Waals surface area contributed by atoms with Gasteiger partial charge in [-0.2, -0.15) is 0 Å². The summed E-state index contributed by atoms with van der Waals surface area (Å²) in [4.78, 5) is 34.5. The molecule has 5 rings (SSSR count). The van der Waals surface area contributed by atoms with Gasteiger partial charge in [0, 0.05) is 37.6 Å². The number of nitrogens with one attached hydrogen (secondary N) is 2. The molecule has 4 heterocycles. The van der Waals surface area contributed by atoms with E-state index in [9.17, 15) is 14.7 Å². The Labute approximate surface area is 225 Å². The number of nitrogens with zero attached hydrogens (tertiary/aromatic N) is 3. The maximum Gasteiger partial charge on any atom is 0.305 e. The SMILES string of the molecule is O=C(O)CC(NC(=O)[C@@H]1CCCN(CCCc2ccc3c(n2)NCCC3)C1)c1cccc(N2CCCC2)c1. The van der Waals surface area contributed by atoms with Crippen molar-refractivity contribution in [1.29, 1.82) is 0 Å². The molecule has 1 unspecified atom stereocenters. The van der Waals surface area contributed by atoms with E-state index in [0.29, 0.717) is 0 Å². The van der Waals surface area contributed by atoms with Crippen LogP contribution in [0.4, 0.5) is 11.5 Å². The van der Waals surface area contributed by atoms with Gasteiger partial charge in [0.25, 0.3) is 0 Å². The number of amides is 1. The van der Waals surface area contributed by atoms with Crippen molar-refractivity contribution in [3.05, 3.63) is 53.2 Å². The molecule has 8 heteroatoms. The number of carboxylic acids is 1. The molecule has 0 bridgehead atoms. The van der Waals surface area contributed by atoms with Crippen LogP contribution in [-0.2, 0) is 22.4 Å². The van der Waals surface area contributed by atoms with Crippen LogP contribution >= 0.6 is 0 Å². The number of aliphatic carboxylic acids is 1. The van der Waals surface area contributed by atoms with Gasteiger partial charge in [0.1, 0.15) is 5.82 Å². The monoisotopic (exact) mass is 519 g/mol. The highest BCUT2D eigenvalue weighted by atomic mass is 16.4. The summed E-state index contributed by atoms with van der Waals surface area (Å²) in [5.74, 6) is -0.00805. The third-order valence-electron chi connectivity index (χ3n) is 8.17. The number of rotatable bonds is 10. The van der Waals surface area contributed by atoms with Gasteiger partial charge in [-0.1, -0.05) is 18.2 Å². The number of pyridine rings is 1. The van der Waals surface area contributed by atoms with E-state index >= 15 is 0 Å². The predicted octanol–water partition coefficient (Wildman–Crippen LogP) is 4.02. The van der Waals surface area contributed by atoms with Gasteiger partial charge < -0.3 is 25.5 Å². The maximum absolute atomic E-state index is 13.3. The van der Waals surface area contributed by atoms with Crippen LogP contribution in [0.25, 0.3) is 0 Å². The molecule has 3 aliphatic heterocycles. The number of piperidine rings is 1. The number of carboxylic acid groups (broad SMARTS) is 1. The molecule has 0 spiro atoms. The summed E-state index contributed by atoms with van der Waals surface area (Å²) in [6.07, 6.45) is 8.26. The average molecular weight is 520 g/mol. The van der Waals surface area contributed by atoms with Crippen LogP contribution in [0.3, 0.4) is 0 Å². The van der Waals surface area contributed by atoms with E-state index in [0.717, 1.165) is 94.1 Å². The summed E-state index contributed by atoms with van der Waals surface area (Å²) in [6.45, 7) is 5.70. The molecule has 3 N–H and O–H groups in total. The van der Waals surface area contributed by atoms with E-state index in [1.54, 1.807) is 0 Å². The van der Waals surface area contributed by atoms with Crippen LogP contribution in [0.1, 0.15) is 67.8 Å². The quantitative estimate of drug-likeness (QED) is 0.436. The summed E-state index contributed by atoms with van der Waals surface area (Å²) >= 11 is 0. The number of aryl methyl sites for hydroxylation is 2. The third-order valence-corrected chi connectivity index (χ3v) is 8.17. The Balaban J connectivity index is 1.15. The van der Waals surface area contributed by atoms with E-state index < -0.39 is 12.0 Å². The van der Waals surface area contributed by atoms with Gasteiger partial charge in [-0.15, -0.1) is 0 Å². The van der Waals surface area contributed by atoms with Crippen molar-refractivity contribution < 1.29 is 14.7 Å². The zero-order valence-corrected chi connectivity index (χ0v) is 22.3. The van der Waals surface area contributed by atoms with Crippen LogP contribution in [0.5, 0.6) is 0 Å².